The molecule has 0 bridgehead atoms. The molecule has 2 aliphatic rings. The maximum atomic E-state index is 5.85. The van der Waals surface area contributed by atoms with Gasteiger partial charge in [0.05, 0.1) is 77.5 Å². The lowest BCUT2D eigenvalue weighted by molar-refractivity contribution is -0.0116. The van der Waals surface area contributed by atoms with E-state index in [1.54, 1.807) is 0 Å². The minimum absolute atomic E-state index is 0.554. The van der Waals surface area contributed by atoms with E-state index in [2.05, 4.69) is 101 Å². The van der Waals surface area contributed by atoms with Crippen LogP contribution < -0.4 is 20.9 Å². The summed E-state index contributed by atoms with van der Waals surface area (Å²) in [6, 6.07) is 27.9. The van der Waals surface area contributed by atoms with Gasteiger partial charge in [-0.1, -0.05) is 48.5 Å². The summed E-state index contributed by atoms with van der Waals surface area (Å²) in [5.41, 5.74) is 11.1. The number of hydrazine groups is 2. The molecule has 9 nitrogen and oxygen atoms in total. The van der Waals surface area contributed by atoms with Crippen molar-refractivity contribution >= 4 is 38.6 Å². The Kier molecular flexibility index (Phi) is 10.4. The second-order valence-corrected chi connectivity index (χ2v) is 10.4. The first kappa shape index (κ1) is 29.4. The van der Waals surface area contributed by atoms with Crippen LogP contribution in [0.1, 0.15) is 5.56 Å². The standard InChI is InChI=1S/C34H40N4O5/c1-3-7-31-27(5-1)25-28-6-2-4-8-32(28)34(31)33-26-38(36-35-33)30-11-9-29(10-12-30)37-13-15-39-17-19-41-21-23-43-24-22-42-20-18-40-16-14-37/h1-12,25-26,35-36H,13-24H2. The predicted molar refractivity (Wildman–Crippen MR) is 171 cm³/mol. The molecule has 226 valence electrons. The van der Waals surface area contributed by atoms with Gasteiger partial charge in [0, 0.05) is 30.5 Å². The molecule has 2 N–H and O–H groups in total. The average molecular weight is 585 g/mol. The fourth-order valence-corrected chi connectivity index (χ4v) is 5.41. The van der Waals surface area contributed by atoms with Crippen LogP contribution in [0.5, 0.6) is 0 Å². The van der Waals surface area contributed by atoms with Crippen LogP contribution in [0.15, 0.2) is 85.1 Å². The summed E-state index contributed by atoms with van der Waals surface area (Å²) < 4.78 is 28.4. The smallest absolute Gasteiger partial charge is 0.0769 e. The average Bonchev–Trinajstić information content (AvgIpc) is 3.53. The van der Waals surface area contributed by atoms with Crippen molar-refractivity contribution in [1.82, 2.24) is 11.0 Å². The topological polar surface area (TPSA) is 76.7 Å². The molecule has 0 amide bonds. The lowest BCUT2D eigenvalue weighted by atomic mass is 9.95. The second-order valence-electron chi connectivity index (χ2n) is 10.4. The molecule has 4 aromatic rings. The Balaban J connectivity index is 1.15. The SMILES string of the molecule is C1=C(c2c3ccccc3cc3ccccc23)NNN1c1ccc(N2CCOCCOCCOCCOCCOCC2)cc1. The summed E-state index contributed by atoms with van der Waals surface area (Å²) in [5, 5.41) is 6.90. The van der Waals surface area contributed by atoms with Crippen LogP contribution in [-0.2, 0) is 23.7 Å². The largest absolute Gasteiger partial charge is 0.377 e. The Morgan fingerprint density at radius 1 is 0.512 bits per heavy atom. The van der Waals surface area contributed by atoms with E-state index < -0.39 is 0 Å². The molecule has 0 saturated carbocycles. The van der Waals surface area contributed by atoms with Crippen LogP contribution in [0.25, 0.3) is 27.2 Å². The van der Waals surface area contributed by atoms with E-state index in [0.717, 1.165) is 30.2 Å². The van der Waals surface area contributed by atoms with Crippen molar-refractivity contribution in [2.24, 2.45) is 0 Å². The van der Waals surface area contributed by atoms with Gasteiger partial charge in [-0.25, -0.2) is 0 Å². The zero-order valence-electron chi connectivity index (χ0n) is 24.5. The van der Waals surface area contributed by atoms with E-state index >= 15 is 0 Å². The summed E-state index contributed by atoms with van der Waals surface area (Å²) in [7, 11) is 0. The minimum Gasteiger partial charge on any atom is -0.377 e. The number of hydrogen-bond acceptors (Lipinski definition) is 9. The summed E-state index contributed by atoms with van der Waals surface area (Å²) >= 11 is 0. The van der Waals surface area contributed by atoms with E-state index in [9.17, 15) is 0 Å². The Labute approximate surface area is 252 Å². The van der Waals surface area contributed by atoms with Crippen LogP contribution in [0, 0.1) is 0 Å². The van der Waals surface area contributed by atoms with Crippen LogP contribution in [-0.4, -0.2) is 79.2 Å². The first-order valence-corrected chi connectivity index (χ1v) is 15.0. The van der Waals surface area contributed by atoms with Crippen molar-refractivity contribution in [3.63, 3.8) is 0 Å². The van der Waals surface area contributed by atoms with Gasteiger partial charge >= 0.3 is 0 Å². The van der Waals surface area contributed by atoms with Gasteiger partial charge < -0.3 is 34.0 Å². The number of fused-ring (bicyclic) bond motifs is 2. The summed E-state index contributed by atoms with van der Waals surface area (Å²) in [5.74, 6) is 0. The maximum Gasteiger partial charge on any atom is 0.0769 e. The van der Waals surface area contributed by atoms with Gasteiger partial charge in [0.15, 0.2) is 0 Å². The van der Waals surface area contributed by atoms with E-state index in [1.165, 1.54) is 27.1 Å². The number of nitrogens with one attached hydrogen (secondary N) is 2. The van der Waals surface area contributed by atoms with Gasteiger partial charge in [-0.15, -0.1) is 5.53 Å². The zero-order valence-corrected chi connectivity index (χ0v) is 24.5. The molecule has 0 spiro atoms. The highest BCUT2D eigenvalue weighted by Crippen LogP contribution is 2.34. The molecule has 0 radical (unpaired) electrons. The number of ether oxygens (including phenoxy) is 5. The van der Waals surface area contributed by atoms with Gasteiger partial charge in [-0.2, -0.15) is 0 Å². The summed E-state index contributed by atoms with van der Waals surface area (Å²) in [6.45, 7) is 7.17. The third kappa shape index (κ3) is 7.64. The Hall–Kier alpha value is -3.70. The second kappa shape index (κ2) is 15.2. The highest BCUT2D eigenvalue weighted by atomic mass is 16.6. The third-order valence-electron chi connectivity index (χ3n) is 7.60. The molecule has 0 aliphatic carbocycles. The van der Waals surface area contributed by atoms with Crippen molar-refractivity contribution in [2.45, 2.75) is 0 Å². The number of rotatable bonds is 3. The lowest BCUT2D eigenvalue weighted by Crippen LogP contribution is -2.36. The molecule has 0 aromatic heterocycles. The van der Waals surface area contributed by atoms with Gasteiger partial charge in [0.1, 0.15) is 0 Å². The third-order valence-corrected chi connectivity index (χ3v) is 7.60. The van der Waals surface area contributed by atoms with Crippen LogP contribution >= 0.6 is 0 Å². The van der Waals surface area contributed by atoms with E-state index in [-0.39, 0.29) is 0 Å². The molecular formula is C34H40N4O5. The molecule has 1 fully saturated rings. The molecular weight excluding hydrogens is 544 g/mol. The lowest BCUT2D eigenvalue weighted by Gasteiger charge is -2.26. The molecule has 6 rings (SSSR count). The van der Waals surface area contributed by atoms with Gasteiger partial charge in [0.2, 0.25) is 0 Å². The molecule has 2 aliphatic heterocycles. The normalized spacial score (nSPS) is 18.7. The Bertz CT molecular complexity index is 1420. The van der Waals surface area contributed by atoms with Crippen molar-refractivity contribution in [2.75, 3.05) is 89.1 Å². The molecule has 4 aromatic carbocycles. The van der Waals surface area contributed by atoms with Crippen LogP contribution in [0.2, 0.25) is 0 Å². The molecule has 43 heavy (non-hydrogen) atoms. The quantitative estimate of drug-likeness (QED) is 0.333. The first-order chi connectivity index (χ1) is 21.4. The molecule has 9 heteroatoms. The fraction of sp³-hybridized carbons (Fsp3) is 0.353. The Morgan fingerprint density at radius 3 is 1.51 bits per heavy atom. The predicted octanol–water partition coefficient (Wildman–Crippen LogP) is 4.72. The van der Waals surface area contributed by atoms with E-state index in [0.29, 0.717) is 66.1 Å². The maximum absolute atomic E-state index is 5.85. The van der Waals surface area contributed by atoms with Gasteiger partial charge in [-0.3, -0.25) is 5.01 Å². The van der Waals surface area contributed by atoms with Crippen molar-refractivity contribution in [3.05, 3.63) is 90.6 Å². The van der Waals surface area contributed by atoms with Crippen molar-refractivity contribution in [3.8, 4) is 0 Å². The molecule has 1 saturated heterocycles. The molecule has 0 unspecified atom stereocenters. The summed E-state index contributed by atoms with van der Waals surface area (Å²) in [6.07, 6.45) is 2.12. The van der Waals surface area contributed by atoms with Gasteiger partial charge in [-0.05, 0) is 51.9 Å². The first-order valence-electron chi connectivity index (χ1n) is 15.0. The van der Waals surface area contributed by atoms with Crippen molar-refractivity contribution in [1.29, 1.82) is 0 Å². The highest BCUT2D eigenvalue weighted by molar-refractivity contribution is 6.09. The van der Waals surface area contributed by atoms with Crippen LogP contribution in [0.4, 0.5) is 11.4 Å². The summed E-state index contributed by atoms with van der Waals surface area (Å²) in [4.78, 5) is 2.29. The number of hydrogen-bond donors (Lipinski definition) is 2. The van der Waals surface area contributed by atoms with Gasteiger partial charge in [0.25, 0.3) is 0 Å². The van der Waals surface area contributed by atoms with E-state index in [4.69, 9.17) is 23.7 Å². The van der Waals surface area contributed by atoms with E-state index in [1.807, 2.05) is 5.01 Å². The number of benzene rings is 4. The Morgan fingerprint density at radius 2 is 0.977 bits per heavy atom. The highest BCUT2D eigenvalue weighted by Gasteiger charge is 2.19. The molecule has 2 heterocycles. The monoisotopic (exact) mass is 584 g/mol. The van der Waals surface area contributed by atoms with Crippen molar-refractivity contribution < 1.29 is 23.7 Å². The fourth-order valence-electron chi connectivity index (χ4n) is 5.41. The minimum atomic E-state index is 0.554. The zero-order chi connectivity index (χ0) is 29.1. The van der Waals surface area contributed by atoms with Crippen LogP contribution in [0.3, 0.4) is 0 Å². The number of nitrogens with zero attached hydrogens (tertiary/aromatic N) is 2. The number of anilines is 2. The molecule has 0 atom stereocenters.